The summed E-state index contributed by atoms with van der Waals surface area (Å²) in [6.07, 6.45) is 8.99. The van der Waals surface area contributed by atoms with Gasteiger partial charge in [-0.25, -0.2) is 4.79 Å². The Morgan fingerprint density at radius 1 is 1.06 bits per heavy atom. The van der Waals surface area contributed by atoms with Crippen LogP contribution in [0.3, 0.4) is 0 Å². The number of hydrogen-bond donors (Lipinski definition) is 0. The summed E-state index contributed by atoms with van der Waals surface area (Å²) in [7, 11) is 1.78. The van der Waals surface area contributed by atoms with Crippen LogP contribution in [0.5, 0.6) is 0 Å². The molecule has 47 heavy (non-hydrogen) atoms. The number of methoxy groups -OCH3 is 1. The van der Waals surface area contributed by atoms with Crippen LogP contribution in [-0.4, -0.2) is 69.3 Å². The molecule has 0 radical (unpaired) electrons. The zero-order valence-electron chi connectivity index (χ0n) is 28.2. The van der Waals surface area contributed by atoms with Crippen LogP contribution in [0.2, 0.25) is 0 Å². The first kappa shape index (κ1) is 34.6. The quantitative estimate of drug-likeness (QED) is 0.171. The fraction of sp³-hybridized carbons (Fsp3) is 0.649. The van der Waals surface area contributed by atoms with Crippen LogP contribution in [-0.2, 0) is 17.5 Å². The fourth-order valence-corrected chi connectivity index (χ4v) is 9.83. The molecule has 0 bridgehead atoms. The lowest BCUT2D eigenvalue weighted by Crippen LogP contribution is -2.44. The van der Waals surface area contributed by atoms with E-state index in [1.54, 1.807) is 13.3 Å². The number of nitrogens with zero attached hydrogens (tertiary/aromatic N) is 4. The number of hydrogen-bond acceptors (Lipinski definition) is 5. The van der Waals surface area contributed by atoms with E-state index in [0.29, 0.717) is 47.7 Å². The molecule has 0 spiro atoms. The van der Waals surface area contributed by atoms with Gasteiger partial charge < -0.3 is 4.74 Å². The maximum atomic E-state index is 14.5. The molecule has 3 aliphatic rings. The van der Waals surface area contributed by atoms with Crippen molar-refractivity contribution >= 4 is 17.3 Å². The molecule has 6 rings (SSSR count). The van der Waals surface area contributed by atoms with E-state index in [9.17, 15) is 18.0 Å². The van der Waals surface area contributed by atoms with Gasteiger partial charge in [0.15, 0.2) is 0 Å². The van der Waals surface area contributed by atoms with Gasteiger partial charge in [-0.1, -0.05) is 51.7 Å². The number of pyridine rings is 1. The van der Waals surface area contributed by atoms with Crippen molar-refractivity contribution < 1.29 is 17.9 Å². The van der Waals surface area contributed by atoms with Crippen molar-refractivity contribution in [2.24, 2.45) is 11.8 Å². The maximum absolute atomic E-state index is 14.5. The lowest BCUT2D eigenvalue weighted by Gasteiger charge is -2.42. The van der Waals surface area contributed by atoms with Crippen molar-refractivity contribution in [1.82, 2.24) is 18.8 Å². The van der Waals surface area contributed by atoms with Gasteiger partial charge in [0.25, 0.3) is 0 Å². The summed E-state index contributed by atoms with van der Waals surface area (Å²) < 4.78 is 51.6. The number of likely N-dealkylation sites (tertiary alicyclic amines) is 1. The van der Waals surface area contributed by atoms with Crippen LogP contribution in [0.1, 0.15) is 94.2 Å². The minimum atomic E-state index is -4.58. The second-order valence-corrected chi connectivity index (χ2v) is 15.4. The van der Waals surface area contributed by atoms with Gasteiger partial charge in [0, 0.05) is 50.3 Å². The zero-order chi connectivity index (χ0) is 33.1. The van der Waals surface area contributed by atoms with Crippen molar-refractivity contribution in [3.8, 4) is 5.69 Å². The molecule has 3 aromatic rings. The van der Waals surface area contributed by atoms with E-state index in [4.69, 9.17) is 4.74 Å². The number of benzene rings is 1. The molecule has 4 heterocycles. The van der Waals surface area contributed by atoms with Crippen molar-refractivity contribution in [1.29, 1.82) is 0 Å². The van der Waals surface area contributed by atoms with Crippen LogP contribution < -0.4 is 5.69 Å². The van der Waals surface area contributed by atoms with Gasteiger partial charge in [0.1, 0.15) is 0 Å². The Labute approximate surface area is 281 Å². The van der Waals surface area contributed by atoms with Crippen LogP contribution in [0.15, 0.2) is 47.5 Å². The van der Waals surface area contributed by atoms with Gasteiger partial charge in [-0.3, -0.25) is 18.8 Å². The van der Waals surface area contributed by atoms with Crippen molar-refractivity contribution in [3.63, 3.8) is 0 Å². The monoisotopic (exact) mass is 672 g/mol. The minimum Gasteiger partial charge on any atom is -0.383 e. The van der Waals surface area contributed by atoms with Gasteiger partial charge in [0.2, 0.25) is 0 Å². The second-order valence-electron chi connectivity index (χ2n) is 14.2. The topological polar surface area (TPSA) is 42.1 Å². The molecule has 2 aliphatic heterocycles. The average molecular weight is 673 g/mol. The first-order chi connectivity index (χ1) is 22.7. The summed E-state index contributed by atoms with van der Waals surface area (Å²) in [5.41, 5.74) is 0.964. The summed E-state index contributed by atoms with van der Waals surface area (Å²) in [6.45, 7) is 8.28. The number of ether oxygens (including phenoxy) is 1. The molecule has 3 fully saturated rings. The van der Waals surface area contributed by atoms with Crippen molar-refractivity contribution in [2.75, 3.05) is 39.1 Å². The normalized spacial score (nSPS) is 23.8. The van der Waals surface area contributed by atoms with Crippen LogP contribution >= 0.6 is 11.8 Å². The highest BCUT2D eigenvalue weighted by atomic mass is 32.2. The molecule has 1 aliphatic carbocycles. The number of piperidine rings is 1. The molecule has 0 N–H and O–H groups in total. The van der Waals surface area contributed by atoms with Crippen LogP contribution in [0.25, 0.3) is 11.2 Å². The Hall–Kier alpha value is -2.27. The molecule has 0 amide bonds. The van der Waals surface area contributed by atoms with E-state index in [0.717, 1.165) is 44.6 Å². The van der Waals surface area contributed by atoms with Gasteiger partial charge in [-0.05, 0) is 86.4 Å². The predicted octanol–water partition coefficient (Wildman–Crippen LogP) is 8.19. The van der Waals surface area contributed by atoms with E-state index < -0.39 is 17.4 Å². The smallest absolute Gasteiger partial charge is 0.383 e. The summed E-state index contributed by atoms with van der Waals surface area (Å²) >= 11 is 2.02. The zero-order valence-corrected chi connectivity index (χ0v) is 29.0. The molecule has 4 atom stereocenters. The number of halogens is 3. The molecule has 10 heteroatoms. The lowest BCUT2D eigenvalue weighted by molar-refractivity contribution is -0.136. The van der Waals surface area contributed by atoms with Gasteiger partial charge in [-0.15, -0.1) is 11.8 Å². The standard InChI is InChI=1S/C37H51F3N4O2S/c1-4-5-6-7-17-42-31(24-46-3)25-47-35(42)34(28-12-8-13-28)29-14-9-15-30(19-29)43-23-33-32(37(38,39)40)18-27(22-44(33)36(43)45)21-41-16-10-11-26(2)20-41/h9,14-15,18-19,22-23,26,28,31,34-35H,4-8,10-13,16-17,20-21,24-25H2,1-3H3/t26-,31?,34+,35?/m0/s1. The summed E-state index contributed by atoms with van der Waals surface area (Å²) in [6, 6.07) is 9.65. The van der Waals surface area contributed by atoms with Crippen molar-refractivity contribution in [3.05, 3.63) is 69.9 Å². The van der Waals surface area contributed by atoms with E-state index in [2.05, 4.69) is 35.8 Å². The first-order valence-electron chi connectivity index (χ1n) is 17.7. The minimum absolute atomic E-state index is 0.105. The summed E-state index contributed by atoms with van der Waals surface area (Å²) in [5, 5.41) is 0.305. The second kappa shape index (κ2) is 15.1. The molecule has 258 valence electrons. The predicted molar refractivity (Wildman–Crippen MR) is 185 cm³/mol. The Bertz CT molecular complexity index is 1550. The lowest BCUT2D eigenvalue weighted by atomic mass is 9.72. The van der Waals surface area contributed by atoms with Gasteiger partial charge >= 0.3 is 11.9 Å². The Morgan fingerprint density at radius 2 is 1.89 bits per heavy atom. The highest BCUT2D eigenvalue weighted by molar-refractivity contribution is 8.00. The van der Waals surface area contributed by atoms with Crippen molar-refractivity contribution in [2.45, 2.75) is 102 Å². The molecule has 2 unspecified atom stereocenters. The molecule has 1 saturated carbocycles. The Balaban J connectivity index is 1.35. The largest absolute Gasteiger partial charge is 0.418 e. The number of rotatable bonds is 13. The third-order valence-corrected chi connectivity index (χ3v) is 12.1. The maximum Gasteiger partial charge on any atom is 0.418 e. The number of fused-ring (bicyclic) bond motifs is 1. The molecule has 6 nitrogen and oxygen atoms in total. The van der Waals surface area contributed by atoms with E-state index in [1.807, 2.05) is 23.9 Å². The van der Waals surface area contributed by atoms with Crippen LogP contribution in [0, 0.1) is 11.8 Å². The number of imidazole rings is 1. The molecule has 1 aromatic carbocycles. The Morgan fingerprint density at radius 3 is 2.60 bits per heavy atom. The first-order valence-corrected chi connectivity index (χ1v) is 18.8. The van der Waals surface area contributed by atoms with Crippen LogP contribution in [0.4, 0.5) is 13.2 Å². The third-order valence-electron chi connectivity index (χ3n) is 10.7. The number of thioether (sulfide) groups is 1. The highest BCUT2D eigenvalue weighted by Crippen LogP contribution is 2.49. The number of alkyl halides is 3. The van der Waals surface area contributed by atoms with E-state index in [1.165, 1.54) is 65.3 Å². The van der Waals surface area contributed by atoms with E-state index >= 15 is 0 Å². The fourth-order valence-electron chi connectivity index (χ4n) is 8.07. The highest BCUT2D eigenvalue weighted by Gasteiger charge is 2.43. The molecule has 2 aromatic heterocycles. The number of unbranched alkanes of at least 4 members (excludes halogenated alkanes) is 3. The summed E-state index contributed by atoms with van der Waals surface area (Å²) in [4.78, 5) is 18.8. The Kier molecular flexibility index (Phi) is 11.1. The van der Waals surface area contributed by atoms with E-state index in [-0.39, 0.29) is 11.4 Å². The molecule has 2 saturated heterocycles. The summed E-state index contributed by atoms with van der Waals surface area (Å²) in [5.74, 6) is 2.36. The van der Waals surface area contributed by atoms with Gasteiger partial charge in [-0.2, -0.15) is 13.2 Å². The average Bonchev–Trinajstić information content (AvgIpc) is 3.56. The number of aromatic nitrogens is 2. The molecular weight excluding hydrogens is 621 g/mol. The SMILES string of the molecule is CCCCCCN1C(COC)CSC1[C@@H](c1cccc(-n2cc3c(C(F)(F)F)cc(CN4CCC[C@H](C)C4)cn3c2=O)c1)C1CCC1. The van der Waals surface area contributed by atoms with Gasteiger partial charge in [0.05, 0.1) is 28.7 Å². The molecular formula is C37H51F3N4O2S. The third kappa shape index (κ3) is 7.66.